The number of hydrogen-bond acceptors (Lipinski definition) is 2. The topological polar surface area (TPSA) is 32.3 Å². The Balaban J connectivity index is 2.34. The fourth-order valence-corrected chi connectivity index (χ4v) is 2.01. The third kappa shape index (κ3) is 5.33. The van der Waals surface area contributed by atoms with Crippen LogP contribution in [0.25, 0.3) is 0 Å². The molecule has 0 saturated carbocycles. The summed E-state index contributed by atoms with van der Waals surface area (Å²) in [7, 11) is 0. The van der Waals surface area contributed by atoms with Gasteiger partial charge in [0.25, 0.3) is 0 Å². The van der Waals surface area contributed by atoms with E-state index in [2.05, 4.69) is 50.4 Å². The lowest BCUT2D eigenvalue weighted by Gasteiger charge is -2.17. The summed E-state index contributed by atoms with van der Waals surface area (Å²) in [6.07, 6.45) is 2.73. The van der Waals surface area contributed by atoms with E-state index in [1.807, 2.05) is 0 Å². The summed E-state index contributed by atoms with van der Waals surface area (Å²) in [5.41, 5.74) is 2.73. The molecule has 2 N–H and O–H groups in total. The highest BCUT2D eigenvalue weighted by Gasteiger charge is 2.07. The first-order chi connectivity index (χ1) is 8.13. The van der Waals surface area contributed by atoms with Crippen molar-refractivity contribution in [1.29, 1.82) is 0 Å². The fraction of sp³-hybridized carbons (Fsp3) is 0.600. The SMILES string of the molecule is CCCC(O)CNC(C)Cc1ccccc1C. The molecule has 0 radical (unpaired) electrons. The third-order valence-corrected chi connectivity index (χ3v) is 3.11. The number of aliphatic hydroxyl groups is 1. The van der Waals surface area contributed by atoms with Crippen LogP contribution >= 0.6 is 0 Å². The van der Waals surface area contributed by atoms with Crippen molar-refractivity contribution in [1.82, 2.24) is 5.32 Å². The highest BCUT2D eigenvalue weighted by atomic mass is 16.3. The minimum absolute atomic E-state index is 0.209. The Morgan fingerprint density at radius 3 is 2.65 bits per heavy atom. The molecule has 0 aliphatic heterocycles. The minimum atomic E-state index is -0.209. The van der Waals surface area contributed by atoms with Gasteiger partial charge in [-0.15, -0.1) is 0 Å². The van der Waals surface area contributed by atoms with Crippen molar-refractivity contribution < 1.29 is 5.11 Å². The predicted octanol–water partition coefficient (Wildman–Crippen LogP) is 2.68. The molecule has 0 saturated heterocycles. The minimum Gasteiger partial charge on any atom is -0.392 e. The highest BCUT2D eigenvalue weighted by molar-refractivity contribution is 5.26. The lowest BCUT2D eigenvalue weighted by atomic mass is 10.0. The Labute approximate surface area is 105 Å². The van der Waals surface area contributed by atoms with E-state index in [-0.39, 0.29) is 6.10 Å². The van der Waals surface area contributed by atoms with E-state index in [1.54, 1.807) is 0 Å². The number of aryl methyl sites for hydroxylation is 1. The van der Waals surface area contributed by atoms with Crippen LogP contribution in [0.3, 0.4) is 0 Å². The average Bonchev–Trinajstić information content (AvgIpc) is 2.30. The van der Waals surface area contributed by atoms with Crippen LogP contribution in [0.4, 0.5) is 0 Å². The van der Waals surface area contributed by atoms with Crippen LogP contribution in [-0.2, 0) is 6.42 Å². The summed E-state index contributed by atoms with van der Waals surface area (Å²) in [6, 6.07) is 8.88. The fourth-order valence-electron chi connectivity index (χ4n) is 2.01. The van der Waals surface area contributed by atoms with Crippen molar-refractivity contribution in [2.75, 3.05) is 6.54 Å². The van der Waals surface area contributed by atoms with Gasteiger partial charge in [-0.1, -0.05) is 37.6 Å². The van der Waals surface area contributed by atoms with Crippen molar-refractivity contribution in [2.45, 2.75) is 52.2 Å². The zero-order valence-corrected chi connectivity index (χ0v) is 11.2. The van der Waals surface area contributed by atoms with Gasteiger partial charge in [-0.2, -0.15) is 0 Å². The van der Waals surface area contributed by atoms with E-state index in [4.69, 9.17) is 0 Å². The molecule has 0 aromatic heterocycles. The Kier molecular flexibility index (Phi) is 6.23. The molecule has 2 unspecified atom stereocenters. The summed E-state index contributed by atoms with van der Waals surface area (Å²) < 4.78 is 0. The van der Waals surface area contributed by atoms with Crippen LogP contribution in [0.15, 0.2) is 24.3 Å². The number of rotatable bonds is 7. The lowest BCUT2D eigenvalue weighted by Crippen LogP contribution is -2.35. The van der Waals surface area contributed by atoms with E-state index in [1.165, 1.54) is 11.1 Å². The van der Waals surface area contributed by atoms with Gasteiger partial charge in [0.1, 0.15) is 0 Å². The number of hydrogen-bond donors (Lipinski definition) is 2. The van der Waals surface area contributed by atoms with Crippen LogP contribution in [0.5, 0.6) is 0 Å². The normalized spacial score (nSPS) is 14.6. The van der Waals surface area contributed by atoms with Crippen molar-refractivity contribution in [3.8, 4) is 0 Å². The molecule has 0 aliphatic carbocycles. The summed E-state index contributed by atoms with van der Waals surface area (Å²) in [4.78, 5) is 0. The first kappa shape index (κ1) is 14.2. The smallest absolute Gasteiger partial charge is 0.0664 e. The Morgan fingerprint density at radius 2 is 2.00 bits per heavy atom. The molecule has 0 amide bonds. The standard InChI is InChI=1S/C15H25NO/c1-4-7-15(17)11-16-13(3)10-14-9-6-5-8-12(14)2/h5-6,8-9,13,15-17H,4,7,10-11H2,1-3H3. The largest absolute Gasteiger partial charge is 0.392 e. The van der Waals surface area contributed by atoms with E-state index < -0.39 is 0 Å². The molecule has 1 rings (SSSR count). The monoisotopic (exact) mass is 235 g/mol. The van der Waals surface area contributed by atoms with Crippen LogP contribution < -0.4 is 5.32 Å². The molecule has 2 atom stereocenters. The van der Waals surface area contributed by atoms with Crippen LogP contribution in [0.1, 0.15) is 37.8 Å². The molecule has 2 heteroatoms. The molecule has 0 spiro atoms. The molecule has 1 aromatic carbocycles. The number of nitrogens with one attached hydrogen (secondary N) is 1. The third-order valence-electron chi connectivity index (χ3n) is 3.11. The Bertz CT molecular complexity index is 324. The molecule has 0 heterocycles. The second-order valence-corrected chi connectivity index (χ2v) is 4.88. The molecular weight excluding hydrogens is 210 g/mol. The van der Waals surface area contributed by atoms with Crippen LogP contribution in [-0.4, -0.2) is 23.8 Å². The van der Waals surface area contributed by atoms with Crippen LogP contribution in [0, 0.1) is 6.92 Å². The van der Waals surface area contributed by atoms with Gasteiger partial charge in [0.15, 0.2) is 0 Å². The van der Waals surface area contributed by atoms with E-state index in [9.17, 15) is 5.11 Å². The van der Waals surface area contributed by atoms with E-state index in [0.29, 0.717) is 12.6 Å². The van der Waals surface area contributed by atoms with E-state index >= 15 is 0 Å². The molecule has 0 fully saturated rings. The quantitative estimate of drug-likeness (QED) is 0.761. The van der Waals surface area contributed by atoms with Gasteiger partial charge in [0, 0.05) is 12.6 Å². The van der Waals surface area contributed by atoms with Gasteiger partial charge >= 0.3 is 0 Å². The second-order valence-electron chi connectivity index (χ2n) is 4.88. The first-order valence-electron chi connectivity index (χ1n) is 6.59. The maximum absolute atomic E-state index is 9.66. The maximum atomic E-state index is 9.66. The van der Waals surface area contributed by atoms with Gasteiger partial charge in [-0.05, 0) is 37.8 Å². The molecule has 0 aliphatic rings. The molecule has 1 aromatic rings. The Hall–Kier alpha value is -0.860. The summed E-state index contributed by atoms with van der Waals surface area (Å²) in [5.74, 6) is 0. The van der Waals surface area contributed by atoms with Crippen molar-refractivity contribution >= 4 is 0 Å². The number of benzene rings is 1. The van der Waals surface area contributed by atoms with E-state index in [0.717, 1.165) is 19.3 Å². The molecule has 0 bridgehead atoms. The lowest BCUT2D eigenvalue weighted by molar-refractivity contribution is 0.157. The zero-order chi connectivity index (χ0) is 12.7. The van der Waals surface area contributed by atoms with Gasteiger partial charge in [-0.25, -0.2) is 0 Å². The van der Waals surface area contributed by atoms with Gasteiger partial charge in [0.2, 0.25) is 0 Å². The predicted molar refractivity (Wildman–Crippen MR) is 73.3 cm³/mol. The first-order valence-corrected chi connectivity index (χ1v) is 6.59. The zero-order valence-electron chi connectivity index (χ0n) is 11.2. The second kappa shape index (κ2) is 7.46. The average molecular weight is 235 g/mol. The highest BCUT2D eigenvalue weighted by Crippen LogP contribution is 2.09. The molecular formula is C15H25NO. The summed E-state index contributed by atoms with van der Waals surface area (Å²) in [6.45, 7) is 7.11. The molecule has 17 heavy (non-hydrogen) atoms. The van der Waals surface area contributed by atoms with Gasteiger partial charge in [0.05, 0.1) is 6.10 Å². The maximum Gasteiger partial charge on any atom is 0.0664 e. The van der Waals surface area contributed by atoms with Crippen molar-refractivity contribution in [2.24, 2.45) is 0 Å². The molecule has 2 nitrogen and oxygen atoms in total. The molecule has 96 valence electrons. The summed E-state index contributed by atoms with van der Waals surface area (Å²) in [5, 5.41) is 13.0. The van der Waals surface area contributed by atoms with Crippen LogP contribution in [0.2, 0.25) is 0 Å². The number of aliphatic hydroxyl groups excluding tert-OH is 1. The summed E-state index contributed by atoms with van der Waals surface area (Å²) >= 11 is 0. The van der Waals surface area contributed by atoms with Gasteiger partial charge < -0.3 is 10.4 Å². The van der Waals surface area contributed by atoms with Crippen molar-refractivity contribution in [3.63, 3.8) is 0 Å². The van der Waals surface area contributed by atoms with Crippen molar-refractivity contribution in [3.05, 3.63) is 35.4 Å². The van der Waals surface area contributed by atoms with Gasteiger partial charge in [-0.3, -0.25) is 0 Å². The Morgan fingerprint density at radius 1 is 1.29 bits per heavy atom.